The molecule has 6 nitrogen and oxygen atoms in total. The predicted octanol–water partition coefficient (Wildman–Crippen LogP) is 0.110. The van der Waals surface area contributed by atoms with Gasteiger partial charge in [-0.25, -0.2) is 0 Å². The molecule has 0 unspecified atom stereocenters. The van der Waals surface area contributed by atoms with Crippen LogP contribution in [0.3, 0.4) is 0 Å². The Hall–Kier alpha value is -1.72. The van der Waals surface area contributed by atoms with Crippen molar-refractivity contribution >= 4 is 24.4 Å². The molecule has 0 heterocycles. The summed E-state index contributed by atoms with van der Waals surface area (Å²) in [6.07, 6.45) is 1.51. The first-order valence-corrected chi connectivity index (χ1v) is 3.49. The maximum Gasteiger partial charge on any atom is 0.314 e. The number of esters is 2. The Labute approximate surface area is 74.8 Å². The Morgan fingerprint density at radius 1 is 1.00 bits per heavy atom. The van der Waals surface area contributed by atoms with E-state index in [4.69, 9.17) is 10.8 Å². The third-order valence-electron chi connectivity index (χ3n) is 0.977. The molecule has 0 amide bonds. The van der Waals surface area contributed by atoms with Gasteiger partial charge in [-0.1, -0.05) is 0 Å². The number of nitrogens with one attached hydrogen (secondary N) is 2. The average Bonchev–Trinajstić information content (AvgIpc) is 2.05. The number of carbonyl (C=O) groups excluding carboxylic acids is 2. The minimum atomic E-state index is -0.627. The number of hydrogen-bond acceptors (Lipinski definition) is 6. The zero-order valence-electron chi connectivity index (χ0n) is 6.91. The summed E-state index contributed by atoms with van der Waals surface area (Å²) in [5.41, 5.74) is 0. The van der Waals surface area contributed by atoms with Crippen LogP contribution in [0.4, 0.5) is 0 Å². The lowest BCUT2D eigenvalue weighted by atomic mass is 10.5. The maximum absolute atomic E-state index is 10.6. The van der Waals surface area contributed by atoms with Gasteiger partial charge in [0, 0.05) is 12.4 Å². The molecule has 0 spiro atoms. The van der Waals surface area contributed by atoms with Crippen molar-refractivity contribution in [3.05, 3.63) is 0 Å². The lowest BCUT2D eigenvalue weighted by Crippen LogP contribution is -2.12. The van der Waals surface area contributed by atoms with E-state index in [9.17, 15) is 9.59 Å². The lowest BCUT2D eigenvalue weighted by molar-refractivity contribution is -0.165. The van der Waals surface area contributed by atoms with E-state index in [1.165, 1.54) is 0 Å². The first-order valence-electron chi connectivity index (χ1n) is 3.49. The van der Waals surface area contributed by atoms with Crippen molar-refractivity contribution in [1.29, 1.82) is 10.8 Å². The highest BCUT2D eigenvalue weighted by Crippen LogP contribution is 1.87. The van der Waals surface area contributed by atoms with E-state index in [0.29, 0.717) is 0 Å². The summed E-state index contributed by atoms with van der Waals surface area (Å²) < 4.78 is 8.78. The largest absolute Gasteiger partial charge is 0.428 e. The summed E-state index contributed by atoms with van der Waals surface area (Å²) in [5.74, 6) is -1.25. The lowest BCUT2D eigenvalue weighted by Gasteiger charge is -2.02. The van der Waals surface area contributed by atoms with E-state index in [2.05, 4.69) is 9.47 Å². The van der Waals surface area contributed by atoms with Gasteiger partial charge in [0.25, 0.3) is 0 Å². The molecule has 6 heteroatoms. The van der Waals surface area contributed by atoms with E-state index in [1.54, 1.807) is 0 Å². The molecule has 0 radical (unpaired) electrons. The van der Waals surface area contributed by atoms with Crippen molar-refractivity contribution in [2.45, 2.75) is 12.8 Å². The summed E-state index contributed by atoms with van der Waals surface area (Å²) in [6.45, 7) is -0.459. The fourth-order valence-electron chi connectivity index (χ4n) is 0.445. The monoisotopic (exact) mass is 186 g/mol. The van der Waals surface area contributed by atoms with Crippen molar-refractivity contribution < 1.29 is 19.1 Å². The molecular formula is C7H10N2O4. The van der Waals surface area contributed by atoms with Crippen LogP contribution in [-0.2, 0) is 19.1 Å². The van der Waals surface area contributed by atoms with E-state index < -0.39 is 18.7 Å². The zero-order valence-corrected chi connectivity index (χ0v) is 6.91. The van der Waals surface area contributed by atoms with Crippen LogP contribution in [-0.4, -0.2) is 31.2 Å². The van der Waals surface area contributed by atoms with Crippen LogP contribution in [0.15, 0.2) is 0 Å². The topological polar surface area (TPSA) is 100 Å². The molecule has 0 aliphatic carbocycles. The third kappa shape index (κ3) is 6.67. The van der Waals surface area contributed by atoms with Crippen LogP contribution in [0.5, 0.6) is 0 Å². The summed E-state index contributed by atoms with van der Waals surface area (Å²) in [4.78, 5) is 21.1. The fraction of sp³-hybridized carbons (Fsp3) is 0.429. The highest BCUT2D eigenvalue weighted by molar-refractivity contribution is 5.85. The fourth-order valence-corrected chi connectivity index (χ4v) is 0.445. The van der Waals surface area contributed by atoms with Crippen LogP contribution in [0, 0.1) is 10.8 Å². The van der Waals surface area contributed by atoms with Gasteiger partial charge >= 0.3 is 11.9 Å². The second kappa shape index (κ2) is 6.96. The summed E-state index contributed by atoms with van der Waals surface area (Å²) in [5, 5.41) is 13.1. The molecule has 13 heavy (non-hydrogen) atoms. The quantitative estimate of drug-likeness (QED) is 0.349. The van der Waals surface area contributed by atoms with Gasteiger partial charge in [0.1, 0.15) is 0 Å². The van der Waals surface area contributed by atoms with Gasteiger partial charge < -0.3 is 20.3 Å². The predicted molar refractivity (Wildman–Crippen MR) is 43.9 cm³/mol. The number of rotatable bonds is 6. The number of carbonyl (C=O) groups is 2. The highest BCUT2D eigenvalue weighted by Gasteiger charge is 2.02. The van der Waals surface area contributed by atoms with Crippen molar-refractivity contribution in [3.63, 3.8) is 0 Å². The Morgan fingerprint density at radius 2 is 1.38 bits per heavy atom. The van der Waals surface area contributed by atoms with Crippen molar-refractivity contribution in [2.24, 2.45) is 0 Å². The van der Waals surface area contributed by atoms with Crippen LogP contribution in [0.1, 0.15) is 12.8 Å². The normalized spacial score (nSPS) is 8.62. The Kier molecular flexibility index (Phi) is 6.04. The summed E-state index contributed by atoms with van der Waals surface area (Å²) >= 11 is 0. The average molecular weight is 186 g/mol. The van der Waals surface area contributed by atoms with Gasteiger partial charge in [-0.15, -0.1) is 0 Å². The van der Waals surface area contributed by atoms with E-state index in [-0.39, 0.29) is 12.8 Å². The molecule has 0 fully saturated rings. The second-order valence-corrected chi connectivity index (χ2v) is 1.97. The molecule has 0 aliphatic rings. The Morgan fingerprint density at radius 3 is 1.69 bits per heavy atom. The van der Waals surface area contributed by atoms with Crippen molar-refractivity contribution in [2.75, 3.05) is 6.79 Å². The van der Waals surface area contributed by atoms with Gasteiger partial charge in [-0.3, -0.25) is 9.59 Å². The molecule has 2 N–H and O–H groups in total. The molecular weight excluding hydrogens is 176 g/mol. The molecule has 0 aromatic rings. The molecule has 72 valence electrons. The van der Waals surface area contributed by atoms with Gasteiger partial charge in [-0.05, 0) is 0 Å². The van der Waals surface area contributed by atoms with Crippen LogP contribution >= 0.6 is 0 Å². The number of hydrogen-bond donors (Lipinski definition) is 2. The zero-order chi connectivity index (χ0) is 10.1. The van der Waals surface area contributed by atoms with E-state index in [0.717, 1.165) is 12.4 Å². The Balaban J connectivity index is 3.43. The number of ether oxygens (including phenoxy) is 2. The first-order chi connectivity index (χ1) is 6.20. The minimum Gasteiger partial charge on any atom is -0.428 e. The standard InChI is InChI=1S/C7H10N2O4/c8-3-1-6(10)12-5-13-7(11)2-4-9/h3-4,8-9H,1-2,5H2. The third-order valence-corrected chi connectivity index (χ3v) is 0.977. The first kappa shape index (κ1) is 11.3. The molecule has 0 aliphatic heterocycles. The van der Waals surface area contributed by atoms with Crippen molar-refractivity contribution in [1.82, 2.24) is 0 Å². The highest BCUT2D eigenvalue weighted by atomic mass is 16.7. The van der Waals surface area contributed by atoms with E-state index in [1.807, 2.05) is 0 Å². The molecule has 0 bridgehead atoms. The van der Waals surface area contributed by atoms with Crippen LogP contribution in [0.2, 0.25) is 0 Å². The minimum absolute atomic E-state index is 0.137. The second-order valence-electron chi connectivity index (χ2n) is 1.97. The van der Waals surface area contributed by atoms with E-state index >= 15 is 0 Å². The SMILES string of the molecule is N=CCC(=O)OCOC(=O)CC=N. The summed E-state index contributed by atoms with van der Waals surface area (Å²) in [7, 11) is 0. The van der Waals surface area contributed by atoms with Gasteiger partial charge in [0.2, 0.25) is 6.79 Å². The van der Waals surface area contributed by atoms with Gasteiger partial charge in [0.15, 0.2) is 0 Å². The molecule has 0 saturated heterocycles. The van der Waals surface area contributed by atoms with Crippen LogP contribution in [0.25, 0.3) is 0 Å². The Bertz CT molecular complexity index is 193. The molecule has 0 atom stereocenters. The smallest absolute Gasteiger partial charge is 0.314 e. The van der Waals surface area contributed by atoms with Crippen molar-refractivity contribution in [3.8, 4) is 0 Å². The van der Waals surface area contributed by atoms with Gasteiger partial charge in [-0.2, -0.15) is 0 Å². The molecule has 0 rings (SSSR count). The maximum atomic E-state index is 10.6. The van der Waals surface area contributed by atoms with Gasteiger partial charge in [0.05, 0.1) is 12.8 Å². The summed E-state index contributed by atoms with van der Waals surface area (Å²) in [6, 6.07) is 0. The van der Waals surface area contributed by atoms with Crippen LogP contribution < -0.4 is 0 Å². The molecule has 0 saturated carbocycles. The molecule has 0 aromatic carbocycles. The molecule has 0 aromatic heterocycles.